The Labute approximate surface area is 141 Å². The van der Waals surface area contributed by atoms with Crippen molar-refractivity contribution < 1.29 is 8.42 Å². The van der Waals surface area contributed by atoms with Crippen molar-refractivity contribution in [3.8, 4) is 0 Å². The average molecular weight is 340 g/mol. The van der Waals surface area contributed by atoms with Crippen molar-refractivity contribution in [1.82, 2.24) is 0 Å². The van der Waals surface area contributed by atoms with Crippen LogP contribution in [0.1, 0.15) is 5.56 Å². The Bertz CT molecular complexity index is 917. The van der Waals surface area contributed by atoms with E-state index in [-0.39, 0.29) is 0 Å². The molecule has 23 heavy (non-hydrogen) atoms. The highest BCUT2D eigenvalue weighted by Crippen LogP contribution is 2.35. The molecule has 0 saturated carbocycles. The topological polar surface area (TPSA) is 34.1 Å². The predicted octanol–water partition coefficient (Wildman–Crippen LogP) is 4.98. The largest absolute Gasteiger partial charge is 0.218 e. The van der Waals surface area contributed by atoms with Crippen LogP contribution in [0, 0.1) is 6.92 Å². The Morgan fingerprint density at radius 1 is 0.696 bits per heavy atom. The first-order chi connectivity index (χ1) is 11.1. The summed E-state index contributed by atoms with van der Waals surface area (Å²) in [7, 11) is -3.54. The molecule has 0 radical (unpaired) electrons. The maximum Gasteiger partial charge on any atom is 0.207 e. The maximum absolute atomic E-state index is 13.1. The van der Waals surface area contributed by atoms with Crippen LogP contribution in [0.4, 0.5) is 0 Å². The minimum atomic E-state index is -3.54. The van der Waals surface area contributed by atoms with Gasteiger partial charge in [0.05, 0.1) is 9.79 Å². The van der Waals surface area contributed by atoms with E-state index >= 15 is 0 Å². The predicted molar refractivity (Wildman–Crippen MR) is 93.6 cm³/mol. The Morgan fingerprint density at radius 2 is 1.26 bits per heavy atom. The zero-order chi connectivity index (χ0) is 16.3. The molecule has 0 aliphatic heterocycles. The smallest absolute Gasteiger partial charge is 0.207 e. The van der Waals surface area contributed by atoms with Gasteiger partial charge >= 0.3 is 0 Å². The third-order valence-electron chi connectivity index (χ3n) is 3.49. The van der Waals surface area contributed by atoms with E-state index in [1.54, 1.807) is 24.3 Å². The lowest BCUT2D eigenvalue weighted by atomic mass is 10.2. The summed E-state index contributed by atoms with van der Waals surface area (Å²) in [5.74, 6) is 0. The molecule has 0 aromatic heterocycles. The second-order valence-corrected chi connectivity index (χ2v) is 8.13. The first kappa shape index (κ1) is 15.8. The second-order valence-electron chi connectivity index (χ2n) is 5.13. The van der Waals surface area contributed by atoms with Gasteiger partial charge in [-0.25, -0.2) is 8.42 Å². The third-order valence-corrected chi connectivity index (χ3v) is 6.68. The first-order valence-corrected chi connectivity index (χ1v) is 9.51. The molecule has 2 nitrogen and oxygen atoms in total. The minimum absolute atomic E-state index is 0.350. The maximum atomic E-state index is 13.1. The molecule has 0 unspecified atom stereocenters. The fourth-order valence-corrected chi connectivity index (χ4v) is 5.24. The molecular formula is C19H16O2S2. The van der Waals surface area contributed by atoms with Crippen LogP contribution in [-0.2, 0) is 9.84 Å². The average Bonchev–Trinajstić information content (AvgIpc) is 2.56. The third kappa shape index (κ3) is 3.33. The van der Waals surface area contributed by atoms with E-state index in [2.05, 4.69) is 0 Å². The van der Waals surface area contributed by atoms with Gasteiger partial charge in [-0.15, -0.1) is 0 Å². The molecule has 3 aromatic rings. The van der Waals surface area contributed by atoms with Crippen LogP contribution in [0.15, 0.2) is 98.4 Å². The summed E-state index contributed by atoms with van der Waals surface area (Å²) >= 11 is 1.46. The number of rotatable bonds is 4. The normalized spacial score (nSPS) is 11.3. The van der Waals surface area contributed by atoms with Crippen molar-refractivity contribution in [1.29, 1.82) is 0 Å². The van der Waals surface area contributed by atoms with Crippen LogP contribution < -0.4 is 0 Å². The molecule has 0 N–H and O–H groups in total. The summed E-state index contributed by atoms with van der Waals surface area (Å²) in [6.07, 6.45) is 0. The zero-order valence-electron chi connectivity index (χ0n) is 12.6. The lowest BCUT2D eigenvalue weighted by Gasteiger charge is -2.12. The van der Waals surface area contributed by atoms with Crippen LogP contribution in [0.3, 0.4) is 0 Å². The number of benzene rings is 3. The summed E-state index contributed by atoms with van der Waals surface area (Å²) in [6, 6.07) is 24.0. The van der Waals surface area contributed by atoms with Gasteiger partial charge < -0.3 is 0 Å². The van der Waals surface area contributed by atoms with E-state index in [0.29, 0.717) is 9.79 Å². The molecule has 0 atom stereocenters. The molecule has 3 rings (SSSR count). The van der Waals surface area contributed by atoms with Gasteiger partial charge in [0.2, 0.25) is 9.84 Å². The molecule has 0 bridgehead atoms. The second kappa shape index (κ2) is 6.60. The lowest BCUT2D eigenvalue weighted by molar-refractivity contribution is 0.593. The van der Waals surface area contributed by atoms with Crippen LogP contribution in [0.5, 0.6) is 0 Å². The van der Waals surface area contributed by atoms with Gasteiger partial charge in [-0.1, -0.05) is 60.3 Å². The first-order valence-electron chi connectivity index (χ1n) is 7.22. The van der Waals surface area contributed by atoms with Crippen LogP contribution in [0.2, 0.25) is 0 Å². The Balaban J connectivity index is 2.09. The summed E-state index contributed by atoms with van der Waals surface area (Å²) < 4.78 is 26.1. The van der Waals surface area contributed by atoms with E-state index in [1.165, 1.54) is 11.8 Å². The quantitative estimate of drug-likeness (QED) is 0.672. The van der Waals surface area contributed by atoms with E-state index < -0.39 is 9.84 Å². The fraction of sp³-hybridized carbons (Fsp3) is 0.0526. The number of aryl methyl sites for hydroxylation is 1. The van der Waals surface area contributed by atoms with Gasteiger partial charge in [0.15, 0.2) is 0 Å². The molecule has 0 aliphatic carbocycles. The van der Waals surface area contributed by atoms with Crippen molar-refractivity contribution in [3.63, 3.8) is 0 Å². The molecule has 0 saturated heterocycles. The number of hydrogen-bond donors (Lipinski definition) is 0. The highest BCUT2D eigenvalue weighted by molar-refractivity contribution is 8.00. The Morgan fingerprint density at radius 3 is 1.96 bits per heavy atom. The number of hydrogen-bond acceptors (Lipinski definition) is 3. The molecule has 0 heterocycles. The van der Waals surface area contributed by atoms with Gasteiger partial charge in [-0.2, -0.15) is 0 Å². The van der Waals surface area contributed by atoms with Crippen LogP contribution >= 0.6 is 11.8 Å². The Kier molecular flexibility index (Phi) is 4.55. The minimum Gasteiger partial charge on any atom is -0.218 e. The lowest BCUT2D eigenvalue weighted by Crippen LogP contribution is -2.05. The van der Waals surface area contributed by atoms with Crippen molar-refractivity contribution in [2.24, 2.45) is 0 Å². The van der Waals surface area contributed by atoms with Crippen molar-refractivity contribution >= 4 is 21.6 Å². The van der Waals surface area contributed by atoms with E-state index in [0.717, 1.165) is 15.4 Å². The monoisotopic (exact) mass is 340 g/mol. The molecule has 0 amide bonds. The van der Waals surface area contributed by atoms with Crippen LogP contribution in [-0.4, -0.2) is 8.42 Å². The summed E-state index contributed by atoms with van der Waals surface area (Å²) in [5.41, 5.74) is 0.756. The zero-order valence-corrected chi connectivity index (χ0v) is 14.3. The summed E-state index contributed by atoms with van der Waals surface area (Å²) in [5, 5.41) is 0. The van der Waals surface area contributed by atoms with Gasteiger partial charge in [0.1, 0.15) is 0 Å². The van der Waals surface area contributed by atoms with Crippen molar-refractivity contribution in [2.45, 2.75) is 26.5 Å². The molecular weight excluding hydrogens is 324 g/mol. The van der Waals surface area contributed by atoms with Crippen molar-refractivity contribution in [3.05, 3.63) is 84.4 Å². The van der Waals surface area contributed by atoms with E-state index in [9.17, 15) is 8.42 Å². The SMILES string of the molecule is Cc1ccccc1S(=O)(=O)c1ccccc1Sc1ccccc1. The number of sulfone groups is 1. The van der Waals surface area contributed by atoms with E-state index in [1.807, 2.05) is 61.5 Å². The molecule has 0 aliphatic rings. The van der Waals surface area contributed by atoms with Crippen molar-refractivity contribution in [2.75, 3.05) is 0 Å². The summed E-state index contributed by atoms with van der Waals surface area (Å²) in [4.78, 5) is 2.46. The van der Waals surface area contributed by atoms with Gasteiger partial charge in [0, 0.05) is 9.79 Å². The molecule has 116 valence electrons. The van der Waals surface area contributed by atoms with Gasteiger partial charge in [-0.3, -0.25) is 0 Å². The molecule has 0 spiro atoms. The summed E-state index contributed by atoms with van der Waals surface area (Å²) in [6.45, 7) is 1.82. The van der Waals surface area contributed by atoms with Crippen LogP contribution in [0.25, 0.3) is 0 Å². The van der Waals surface area contributed by atoms with E-state index in [4.69, 9.17) is 0 Å². The Hall–Kier alpha value is -2.04. The molecule has 4 heteroatoms. The fourth-order valence-electron chi connectivity index (χ4n) is 2.35. The highest BCUT2D eigenvalue weighted by atomic mass is 32.2. The standard InChI is InChI=1S/C19H16O2S2/c1-15-9-5-7-13-18(15)23(20,21)19-14-8-6-12-17(19)22-16-10-3-2-4-11-16/h2-14H,1H3. The molecule has 3 aromatic carbocycles. The van der Waals surface area contributed by atoms with Gasteiger partial charge in [-0.05, 0) is 42.8 Å². The van der Waals surface area contributed by atoms with Gasteiger partial charge in [0.25, 0.3) is 0 Å². The highest BCUT2D eigenvalue weighted by Gasteiger charge is 2.22. The molecule has 0 fully saturated rings.